The molecule has 1 N–H and O–H groups in total. The summed E-state index contributed by atoms with van der Waals surface area (Å²) in [6.45, 7) is 0. The lowest BCUT2D eigenvalue weighted by atomic mass is 9.99. The van der Waals surface area contributed by atoms with Crippen molar-refractivity contribution in [2.24, 2.45) is 0 Å². The van der Waals surface area contributed by atoms with E-state index in [0.717, 1.165) is 10.9 Å². The zero-order valence-corrected chi connectivity index (χ0v) is 13.7. The molecular weight excluding hydrogens is 334 g/mol. The Kier molecular flexibility index (Phi) is 3.47. The van der Waals surface area contributed by atoms with Crippen molar-refractivity contribution in [3.63, 3.8) is 0 Å². The fourth-order valence-electron chi connectivity index (χ4n) is 3.07. The Bertz CT molecular complexity index is 794. The van der Waals surface area contributed by atoms with E-state index in [1.165, 1.54) is 27.9 Å². The van der Waals surface area contributed by atoms with Gasteiger partial charge < -0.3 is 5.32 Å². The van der Waals surface area contributed by atoms with Crippen molar-refractivity contribution in [3.8, 4) is 11.1 Å². The Labute approximate surface area is 139 Å². The van der Waals surface area contributed by atoms with E-state index in [-0.39, 0.29) is 0 Å². The van der Waals surface area contributed by atoms with Crippen molar-refractivity contribution >= 4 is 21.6 Å². The summed E-state index contributed by atoms with van der Waals surface area (Å²) < 4.78 is 1.15. The molecule has 0 saturated carbocycles. The quantitative estimate of drug-likeness (QED) is 0.614. The Hall–Kier alpha value is -2.06. The Balaban J connectivity index is 1.58. The Morgan fingerprint density at radius 1 is 0.818 bits per heavy atom. The van der Waals surface area contributed by atoms with Crippen molar-refractivity contribution in [2.45, 2.75) is 12.5 Å². The molecule has 1 nitrogen and oxygen atoms in total. The number of hydrogen-bond acceptors (Lipinski definition) is 1. The van der Waals surface area contributed by atoms with Crippen LogP contribution >= 0.6 is 15.9 Å². The van der Waals surface area contributed by atoms with Gasteiger partial charge in [0.15, 0.2) is 0 Å². The molecule has 0 spiro atoms. The molecule has 0 radical (unpaired) electrons. The lowest BCUT2D eigenvalue weighted by Crippen LogP contribution is -2.05. The highest BCUT2D eigenvalue weighted by Gasteiger charge is 2.21. The van der Waals surface area contributed by atoms with Gasteiger partial charge in [-0.15, -0.1) is 0 Å². The molecule has 0 fully saturated rings. The van der Waals surface area contributed by atoms with Crippen LogP contribution in [0, 0.1) is 0 Å². The van der Waals surface area contributed by atoms with Gasteiger partial charge in [0.2, 0.25) is 0 Å². The molecule has 108 valence electrons. The average Bonchev–Trinajstić information content (AvgIpc) is 2.99. The van der Waals surface area contributed by atoms with Gasteiger partial charge in [-0.1, -0.05) is 70.5 Å². The van der Waals surface area contributed by atoms with E-state index in [0.29, 0.717) is 6.04 Å². The zero-order chi connectivity index (χ0) is 14.9. The lowest BCUT2D eigenvalue weighted by molar-refractivity contribution is 0.824. The number of hydrogen-bond donors (Lipinski definition) is 1. The van der Waals surface area contributed by atoms with Crippen LogP contribution in [-0.2, 0) is 6.42 Å². The predicted molar refractivity (Wildman–Crippen MR) is 96.1 cm³/mol. The number of benzene rings is 3. The molecule has 3 aromatic rings. The standard InChI is InChI=1S/C20H16BrN/c21-18-10-11-19-17(12-18)13-20(22-19)16-8-6-15(7-9-16)14-4-2-1-3-5-14/h1-12,20,22H,13H2. The zero-order valence-electron chi connectivity index (χ0n) is 12.1. The largest absolute Gasteiger partial charge is 0.378 e. The smallest absolute Gasteiger partial charge is 0.0555 e. The molecule has 1 aliphatic heterocycles. The molecule has 1 atom stereocenters. The van der Waals surface area contributed by atoms with Crippen molar-refractivity contribution in [1.29, 1.82) is 0 Å². The van der Waals surface area contributed by atoms with Crippen LogP contribution in [0.2, 0.25) is 0 Å². The minimum absolute atomic E-state index is 0.370. The van der Waals surface area contributed by atoms with E-state index < -0.39 is 0 Å². The van der Waals surface area contributed by atoms with Crippen LogP contribution in [0.4, 0.5) is 5.69 Å². The molecule has 0 saturated heterocycles. The second-order valence-corrected chi connectivity index (χ2v) is 6.61. The van der Waals surface area contributed by atoms with Gasteiger partial charge >= 0.3 is 0 Å². The summed E-state index contributed by atoms with van der Waals surface area (Å²) in [5.41, 5.74) is 6.50. The van der Waals surface area contributed by atoms with E-state index in [9.17, 15) is 0 Å². The minimum atomic E-state index is 0.370. The summed E-state index contributed by atoms with van der Waals surface area (Å²) in [5.74, 6) is 0. The van der Waals surface area contributed by atoms with E-state index in [1.807, 2.05) is 0 Å². The van der Waals surface area contributed by atoms with Crippen LogP contribution in [0.1, 0.15) is 17.2 Å². The lowest BCUT2D eigenvalue weighted by Gasteiger charge is -2.12. The van der Waals surface area contributed by atoms with Crippen LogP contribution in [0.3, 0.4) is 0 Å². The van der Waals surface area contributed by atoms with Gasteiger partial charge in [-0.25, -0.2) is 0 Å². The molecule has 3 aromatic carbocycles. The number of anilines is 1. The predicted octanol–water partition coefficient (Wildman–Crippen LogP) is 5.83. The van der Waals surface area contributed by atoms with Gasteiger partial charge in [0.05, 0.1) is 6.04 Å². The normalized spacial score (nSPS) is 16.1. The maximum atomic E-state index is 3.62. The topological polar surface area (TPSA) is 12.0 Å². The van der Waals surface area contributed by atoms with E-state index >= 15 is 0 Å². The van der Waals surface area contributed by atoms with Crippen LogP contribution in [0.15, 0.2) is 77.3 Å². The van der Waals surface area contributed by atoms with Crippen LogP contribution in [-0.4, -0.2) is 0 Å². The van der Waals surface area contributed by atoms with Gasteiger partial charge in [-0.2, -0.15) is 0 Å². The van der Waals surface area contributed by atoms with Gasteiger partial charge in [0.1, 0.15) is 0 Å². The second-order valence-electron chi connectivity index (χ2n) is 5.69. The van der Waals surface area contributed by atoms with E-state index in [1.54, 1.807) is 0 Å². The van der Waals surface area contributed by atoms with Crippen molar-refractivity contribution in [2.75, 3.05) is 5.32 Å². The Morgan fingerprint density at radius 2 is 1.55 bits per heavy atom. The van der Waals surface area contributed by atoms with Crippen molar-refractivity contribution in [3.05, 3.63) is 88.4 Å². The molecule has 1 unspecified atom stereocenters. The summed E-state index contributed by atoms with van der Waals surface area (Å²) in [4.78, 5) is 0. The fraction of sp³-hybridized carbons (Fsp3) is 0.100. The summed E-state index contributed by atoms with van der Waals surface area (Å²) >= 11 is 3.55. The van der Waals surface area contributed by atoms with E-state index in [4.69, 9.17) is 0 Å². The highest BCUT2D eigenvalue weighted by molar-refractivity contribution is 9.10. The number of fused-ring (bicyclic) bond motifs is 1. The summed E-state index contributed by atoms with van der Waals surface area (Å²) in [5, 5.41) is 3.62. The Morgan fingerprint density at radius 3 is 2.32 bits per heavy atom. The van der Waals surface area contributed by atoms with Crippen LogP contribution in [0.25, 0.3) is 11.1 Å². The van der Waals surface area contributed by atoms with Crippen LogP contribution < -0.4 is 5.32 Å². The molecule has 0 amide bonds. The maximum Gasteiger partial charge on any atom is 0.0555 e. The van der Waals surface area contributed by atoms with E-state index in [2.05, 4.69) is 94.0 Å². The summed E-state index contributed by atoms with van der Waals surface area (Å²) in [7, 11) is 0. The molecule has 1 aliphatic rings. The van der Waals surface area contributed by atoms with Gasteiger partial charge in [-0.3, -0.25) is 0 Å². The van der Waals surface area contributed by atoms with Gasteiger partial charge in [0, 0.05) is 10.2 Å². The molecular formula is C20H16BrN. The highest BCUT2D eigenvalue weighted by atomic mass is 79.9. The minimum Gasteiger partial charge on any atom is -0.378 e. The number of halogens is 1. The summed E-state index contributed by atoms with van der Waals surface area (Å²) in [6, 6.07) is 26.2. The molecule has 4 rings (SSSR count). The first kappa shape index (κ1) is 13.6. The fourth-order valence-corrected chi connectivity index (χ4v) is 3.48. The number of nitrogens with one attached hydrogen (secondary N) is 1. The number of rotatable bonds is 2. The first-order valence-corrected chi connectivity index (χ1v) is 8.29. The second kappa shape index (κ2) is 5.62. The molecule has 0 aromatic heterocycles. The summed E-state index contributed by atoms with van der Waals surface area (Å²) in [6.07, 6.45) is 1.04. The van der Waals surface area contributed by atoms with Gasteiger partial charge in [-0.05, 0) is 46.9 Å². The molecule has 22 heavy (non-hydrogen) atoms. The molecule has 0 aliphatic carbocycles. The first-order valence-electron chi connectivity index (χ1n) is 7.50. The van der Waals surface area contributed by atoms with Gasteiger partial charge in [0.25, 0.3) is 0 Å². The highest BCUT2D eigenvalue weighted by Crippen LogP contribution is 2.36. The van der Waals surface area contributed by atoms with Crippen molar-refractivity contribution < 1.29 is 0 Å². The first-order chi connectivity index (χ1) is 10.8. The molecule has 0 bridgehead atoms. The maximum absolute atomic E-state index is 3.62. The third-order valence-corrected chi connectivity index (χ3v) is 4.73. The third kappa shape index (κ3) is 2.55. The SMILES string of the molecule is Brc1ccc2c(c1)CC(c1ccc(-c3ccccc3)cc1)N2. The van der Waals surface area contributed by atoms with Crippen LogP contribution in [0.5, 0.6) is 0 Å². The van der Waals surface area contributed by atoms with Crippen molar-refractivity contribution in [1.82, 2.24) is 0 Å². The molecule has 2 heteroatoms. The monoisotopic (exact) mass is 349 g/mol. The molecule has 1 heterocycles. The average molecular weight is 350 g/mol. The third-order valence-electron chi connectivity index (χ3n) is 4.24.